The lowest BCUT2D eigenvalue weighted by Crippen LogP contribution is -2.32. The molecule has 1 fully saturated rings. The summed E-state index contributed by atoms with van der Waals surface area (Å²) < 4.78 is 5.28. The molecule has 3 N–H and O–H groups in total. The lowest BCUT2D eigenvalue weighted by atomic mass is 9.84. The second-order valence-electron chi connectivity index (χ2n) is 6.31. The Balaban J connectivity index is 2.02. The lowest BCUT2D eigenvalue weighted by Gasteiger charge is -2.28. The maximum atomic E-state index is 12.4. The van der Waals surface area contributed by atoms with Gasteiger partial charge in [-0.2, -0.15) is 0 Å². The second kappa shape index (κ2) is 8.68. The van der Waals surface area contributed by atoms with Crippen LogP contribution in [0.1, 0.15) is 36.5 Å². The third kappa shape index (κ3) is 4.71. The first kappa shape index (κ1) is 18.3. The van der Waals surface area contributed by atoms with Crippen LogP contribution in [-0.2, 0) is 4.79 Å². The lowest BCUT2D eigenvalue weighted by molar-refractivity contribution is -0.117. The van der Waals surface area contributed by atoms with Crippen LogP contribution in [0.2, 0.25) is 0 Å². The predicted octanol–water partition coefficient (Wildman–Crippen LogP) is 2.02. The van der Waals surface area contributed by atoms with Crippen LogP contribution in [-0.4, -0.2) is 39.1 Å². The maximum absolute atomic E-state index is 12.4. The molecule has 1 heterocycles. The highest BCUT2D eigenvalue weighted by atomic mass is 16.5. The van der Waals surface area contributed by atoms with Gasteiger partial charge in [-0.15, -0.1) is 0 Å². The Kier molecular flexibility index (Phi) is 6.61. The van der Waals surface area contributed by atoms with Crippen LogP contribution >= 0.6 is 0 Å². The minimum Gasteiger partial charge on any atom is -0.495 e. The minimum absolute atomic E-state index is 0.0478. The van der Waals surface area contributed by atoms with Crippen molar-refractivity contribution in [3.05, 3.63) is 23.8 Å². The summed E-state index contributed by atoms with van der Waals surface area (Å²) in [5, 5.41) is 8.81. The van der Waals surface area contributed by atoms with Crippen LogP contribution in [0.4, 0.5) is 5.69 Å². The van der Waals surface area contributed by atoms with Crippen LogP contribution in [0.5, 0.6) is 5.75 Å². The molecule has 132 valence electrons. The first-order valence-corrected chi connectivity index (χ1v) is 8.45. The fourth-order valence-corrected chi connectivity index (χ4v) is 3.16. The van der Waals surface area contributed by atoms with E-state index in [1.165, 1.54) is 0 Å². The van der Waals surface area contributed by atoms with E-state index in [-0.39, 0.29) is 11.8 Å². The van der Waals surface area contributed by atoms with Crippen molar-refractivity contribution in [2.24, 2.45) is 11.8 Å². The predicted molar refractivity (Wildman–Crippen MR) is 94.4 cm³/mol. The van der Waals surface area contributed by atoms with E-state index in [0.29, 0.717) is 35.3 Å². The average Bonchev–Trinajstić information content (AvgIpc) is 2.61. The zero-order valence-electron chi connectivity index (χ0n) is 14.6. The fraction of sp³-hybridized carbons (Fsp3) is 0.556. The monoisotopic (exact) mass is 333 g/mol. The number of carbonyl (C=O) groups excluding carboxylic acids is 2. The molecule has 1 aromatic rings. The molecule has 6 nitrogen and oxygen atoms in total. The number of rotatable bonds is 6. The second-order valence-corrected chi connectivity index (χ2v) is 6.31. The van der Waals surface area contributed by atoms with Gasteiger partial charge in [-0.05, 0) is 56.0 Å². The zero-order chi connectivity index (χ0) is 17.5. The molecular formula is C18H27N3O3. The number of amides is 2. The maximum Gasteiger partial charge on any atom is 0.251 e. The van der Waals surface area contributed by atoms with E-state index in [2.05, 4.69) is 22.9 Å². The number of benzene rings is 1. The molecule has 6 heteroatoms. The van der Waals surface area contributed by atoms with Crippen molar-refractivity contribution in [1.29, 1.82) is 0 Å². The van der Waals surface area contributed by atoms with E-state index in [1.54, 1.807) is 32.4 Å². The van der Waals surface area contributed by atoms with Gasteiger partial charge >= 0.3 is 0 Å². The van der Waals surface area contributed by atoms with Gasteiger partial charge in [0.1, 0.15) is 5.75 Å². The Hall–Kier alpha value is -2.08. The van der Waals surface area contributed by atoms with Crippen molar-refractivity contribution in [2.75, 3.05) is 32.6 Å². The third-order valence-electron chi connectivity index (χ3n) is 4.66. The van der Waals surface area contributed by atoms with Gasteiger partial charge in [0.2, 0.25) is 5.91 Å². The van der Waals surface area contributed by atoms with Crippen LogP contribution in [0.15, 0.2) is 18.2 Å². The van der Waals surface area contributed by atoms with Crippen molar-refractivity contribution < 1.29 is 14.3 Å². The largest absolute Gasteiger partial charge is 0.495 e. The minimum atomic E-state index is -0.198. The molecule has 1 saturated heterocycles. The quantitative estimate of drug-likeness (QED) is 0.744. The van der Waals surface area contributed by atoms with Gasteiger partial charge in [0.25, 0.3) is 5.91 Å². The van der Waals surface area contributed by atoms with E-state index in [9.17, 15) is 9.59 Å². The molecule has 1 aliphatic heterocycles. The topological polar surface area (TPSA) is 79.5 Å². The molecule has 2 rings (SSSR count). The van der Waals surface area contributed by atoms with E-state index in [0.717, 1.165) is 25.9 Å². The number of ether oxygens (including phenoxy) is 1. The zero-order valence-corrected chi connectivity index (χ0v) is 14.6. The third-order valence-corrected chi connectivity index (χ3v) is 4.66. The van der Waals surface area contributed by atoms with Crippen molar-refractivity contribution in [2.45, 2.75) is 26.2 Å². The number of nitrogens with one attached hydrogen (secondary N) is 3. The summed E-state index contributed by atoms with van der Waals surface area (Å²) in [6.45, 7) is 4.19. The number of methoxy groups -OCH3 is 1. The van der Waals surface area contributed by atoms with E-state index < -0.39 is 0 Å². The Morgan fingerprint density at radius 3 is 2.67 bits per heavy atom. The highest BCUT2D eigenvalue weighted by Crippen LogP contribution is 2.28. The summed E-state index contributed by atoms with van der Waals surface area (Å²) >= 11 is 0. The molecule has 1 aromatic carbocycles. The first-order valence-electron chi connectivity index (χ1n) is 8.45. The van der Waals surface area contributed by atoms with Crippen molar-refractivity contribution >= 4 is 17.5 Å². The number of carbonyl (C=O) groups is 2. The van der Waals surface area contributed by atoms with Gasteiger partial charge in [-0.1, -0.05) is 6.92 Å². The van der Waals surface area contributed by atoms with Gasteiger partial charge in [-0.3, -0.25) is 9.59 Å². The fourth-order valence-electron chi connectivity index (χ4n) is 3.16. The molecule has 1 atom stereocenters. The van der Waals surface area contributed by atoms with Gasteiger partial charge < -0.3 is 20.7 Å². The molecule has 1 unspecified atom stereocenters. The molecule has 0 bridgehead atoms. The Morgan fingerprint density at radius 1 is 1.33 bits per heavy atom. The van der Waals surface area contributed by atoms with Gasteiger partial charge in [0.15, 0.2) is 0 Å². The number of hydrogen-bond donors (Lipinski definition) is 3. The SMILES string of the molecule is CNC(=O)c1ccc(OC)c(NC(=O)CC(C)C2CCNCC2)c1. The van der Waals surface area contributed by atoms with Gasteiger partial charge in [0.05, 0.1) is 12.8 Å². The summed E-state index contributed by atoms with van der Waals surface area (Å²) in [4.78, 5) is 24.2. The summed E-state index contributed by atoms with van der Waals surface area (Å²) in [5.41, 5.74) is 1.01. The molecule has 2 amide bonds. The van der Waals surface area contributed by atoms with Crippen LogP contribution < -0.4 is 20.7 Å². The standard InChI is InChI=1S/C18H27N3O3/c1-12(13-6-8-20-9-7-13)10-17(22)21-15-11-14(18(23)19-2)4-5-16(15)24-3/h4-5,11-13,20H,6-10H2,1-3H3,(H,19,23)(H,21,22). The number of hydrogen-bond acceptors (Lipinski definition) is 4. The highest BCUT2D eigenvalue weighted by molar-refractivity contribution is 5.98. The summed E-state index contributed by atoms with van der Waals surface area (Å²) in [5.74, 6) is 1.21. The van der Waals surface area contributed by atoms with E-state index in [4.69, 9.17) is 4.74 Å². The van der Waals surface area contributed by atoms with Crippen molar-refractivity contribution in [1.82, 2.24) is 10.6 Å². The Bertz CT molecular complexity index is 583. The van der Waals surface area contributed by atoms with Gasteiger partial charge in [0, 0.05) is 19.0 Å². The molecular weight excluding hydrogens is 306 g/mol. The normalized spacial score (nSPS) is 16.3. The molecule has 24 heavy (non-hydrogen) atoms. The number of piperidine rings is 1. The summed E-state index contributed by atoms with van der Waals surface area (Å²) in [7, 11) is 3.12. The summed E-state index contributed by atoms with van der Waals surface area (Å²) in [6.07, 6.45) is 2.70. The van der Waals surface area contributed by atoms with Crippen LogP contribution in [0.3, 0.4) is 0 Å². The van der Waals surface area contributed by atoms with E-state index >= 15 is 0 Å². The first-order chi connectivity index (χ1) is 11.5. The van der Waals surface area contributed by atoms with Crippen molar-refractivity contribution in [3.8, 4) is 5.75 Å². The van der Waals surface area contributed by atoms with Crippen molar-refractivity contribution in [3.63, 3.8) is 0 Å². The summed E-state index contributed by atoms with van der Waals surface area (Å²) in [6, 6.07) is 5.01. The van der Waals surface area contributed by atoms with Gasteiger partial charge in [-0.25, -0.2) is 0 Å². The Morgan fingerprint density at radius 2 is 2.04 bits per heavy atom. The molecule has 0 spiro atoms. The molecule has 0 aliphatic carbocycles. The molecule has 0 radical (unpaired) electrons. The smallest absolute Gasteiger partial charge is 0.251 e. The molecule has 0 aromatic heterocycles. The number of anilines is 1. The molecule has 0 saturated carbocycles. The van der Waals surface area contributed by atoms with E-state index in [1.807, 2.05) is 0 Å². The highest BCUT2D eigenvalue weighted by Gasteiger charge is 2.22. The Labute approximate surface area is 143 Å². The average molecular weight is 333 g/mol. The molecule has 1 aliphatic rings. The van der Waals surface area contributed by atoms with Crippen LogP contribution in [0.25, 0.3) is 0 Å². The van der Waals surface area contributed by atoms with Crippen LogP contribution in [0, 0.1) is 11.8 Å².